The fourth-order valence-corrected chi connectivity index (χ4v) is 7.92. The van der Waals surface area contributed by atoms with Gasteiger partial charge in [-0.1, -0.05) is 25.4 Å². The van der Waals surface area contributed by atoms with Crippen LogP contribution >= 0.6 is 11.6 Å². The van der Waals surface area contributed by atoms with Crippen LogP contribution < -0.4 is 24.9 Å². The highest BCUT2D eigenvalue weighted by molar-refractivity contribution is 6.31. The Hall–Kier alpha value is -3.86. The van der Waals surface area contributed by atoms with E-state index in [9.17, 15) is 20.4 Å². The van der Waals surface area contributed by atoms with Crippen molar-refractivity contribution in [3.05, 3.63) is 35.5 Å². The molecule has 1 atom stereocenters. The zero-order valence-corrected chi connectivity index (χ0v) is 35.6. The first-order valence-electron chi connectivity index (χ1n) is 21.4. The fourth-order valence-electron chi connectivity index (χ4n) is 7.75. The van der Waals surface area contributed by atoms with Crippen molar-refractivity contribution in [2.75, 3.05) is 123 Å². The molecule has 5 heterocycles. The minimum atomic E-state index is -0.0772. The Morgan fingerprint density at radius 1 is 0.690 bits per heavy atom. The SMILES string of the molecule is CCN(CC)CCCC(C)Nc1ccnc2cc(Cl)ccc12.OCCN(CCO)c1nc(N2CCCCC2)c2nc(N(CCO)CCO)nc(N3CCCCC3)c2n1. The van der Waals surface area contributed by atoms with Gasteiger partial charge in [-0.05, 0) is 102 Å². The van der Waals surface area contributed by atoms with Crippen LogP contribution in [-0.2, 0) is 0 Å². The van der Waals surface area contributed by atoms with Crippen molar-refractivity contribution in [3.8, 4) is 0 Å². The van der Waals surface area contributed by atoms with E-state index in [-0.39, 0.29) is 26.4 Å². The van der Waals surface area contributed by atoms with Gasteiger partial charge in [-0.3, -0.25) is 4.98 Å². The maximum absolute atomic E-state index is 9.64. The molecule has 15 nitrogen and oxygen atoms in total. The Morgan fingerprint density at radius 2 is 1.19 bits per heavy atom. The van der Waals surface area contributed by atoms with Crippen LogP contribution in [0.1, 0.15) is 72.1 Å². The monoisotopic (exact) mass is 823 g/mol. The summed E-state index contributed by atoms with van der Waals surface area (Å²) in [5, 5.41) is 44.0. The Kier molecular flexibility index (Phi) is 18.5. The van der Waals surface area contributed by atoms with Crippen molar-refractivity contribution in [2.45, 2.75) is 78.2 Å². The van der Waals surface area contributed by atoms with Crippen LogP contribution in [0, 0.1) is 0 Å². The minimum absolute atomic E-state index is 0.0772. The number of fused-ring (bicyclic) bond motifs is 2. The van der Waals surface area contributed by atoms with Crippen LogP contribution in [0.5, 0.6) is 0 Å². The van der Waals surface area contributed by atoms with E-state index in [1.165, 1.54) is 25.8 Å². The number of halogens is 1. The average Bonchev–Trinajstić information content (AvgIpc) is 3.25. The summed E-state index contributed by atoms with van der Waals surface area (Å²) in [6, 6.07) is 8.35. The van der Waals surface area contributed by atoms with Gasteiger partial charge in [0.05, 0.1) is 31.9 Å². The van der Waals surface area contributed by atoms with Crippen LogP contribution in [0.15, 0.2) is 30.5 Å². The van der Waals surface area contributed by atoms with E-state index in [1.807, 2.05) is 30.5 Å². The number of piperidine rings is 2. The van der Waals surface area contributed by atoms with E-state index >= 15 is 0 Å². The second-order valence-electron chi connectivity index (χ2n) is 15.1. The summed E-state index contributed by atoms with van der Waals surface area (Å²) in [4.78, 5) is 34.6. The second kappa shape index (κ2) is 23.7. The number of nitrogens with zero attached hydrogens (tertiary/aromatic N) is 10. The number of aliphatic hydroxyl groups is 4. The molecular weight excluding hydrogens is 758 g/mol. The topological polar surface area (TPSA) is 174 Å². The molecule has 0 bridgehead atoms. The van der Waals surface area contributed by atoms with E-state index in [1.54, 1.807) is 9.80 Å². The number of rotatable bonds is 20. The molecule has 1 unspecified atom stereocenters. The lowest BCUT2D eigenvalue weighted by Gasteiger charge is -2.33. The molecule has 2 saturated heterocycles. The average molecular weight is 825 g/mol. The molecular formula is C42H66ClN11O4. The van der Waals surface area contributed by atoms with Crippen molar-refractivity contribution in [1.29, 1.82) is 0 Å². The quantitative estimate of drug-likeness (QED) is 0.0823. The lowest BCUT2D eigenvalue weighted by atomic mass is 10.1. The Balaban J connectivity index is 0.000000249. The number of hydrogen-bond acceptors (Lipinski definition) is 15. The molecule has 2 fully saturated rings. The van der Waals surface area contributed by atoms with Gasteiger partial charge in [0, 0.05) is 80.7 Å². The summed E-state index contributed by atoms with van der Waals surface area (Å²) in [5.41, 5.74) is 3.38. The van der Waals surface area contributed by atoms with E-state index in [0.29, 0.717) is 55.2 Å². The van der Waals surface area contributed by atoms with Crippen LogP contribution in [0.25, 0.3) is 21.9 Å². The number of anilines is 5. The van der Waals surface area contributed by atoms with Gasteiger partial charge in [0.2, 0.25) is 11.9 Å². The third kappa shape index (κ3) is 12.3. The highest BCUT2D eigenvalue weighted by atomic mass is 35.5. The fraction of sp³-hybridized carbons (Fsp3) is 0.643. The zero-order chi connectivity index (χ0) is 41.3. The molecule has 320 valence electrons. The van der Waals surface area contributed by atoms with E-state index in [2.05, 4.69) is 45.8 Å². The van der Waals surface area contributed by atoms with Gasteiger partial charge in [-0.2, -0.15) is 9.97 Å². The number of benzene rings is 1. The summed E-state index contributed by atoms with van der Waals surface area (Å²) in [5.74, 6) is 2.35. The predicted molar refractivity (Wildman–Crippen MR) is 237 cm³/mol. The number of pyridine rings is 1. The number of hydrogen-bond donors (Lipinski definition) is 5. The predicted octanol–water partition coefficient (Wildman–Crippen LogP) is 4.79. The van der Waals surface area contributed by atoms with Crippen LogP contribution in [0.4, 0.5) is 29.2 Å². The number of aliphatic hydroxyl groups excluding tert-OH is 4. The molecule has 0 spiro atoms. The summed E-state index contributed by atoms with van der Waals surface area (Å²) in [7, 11) is 0. The van der Waals surface area contributed by atoms with Gasteiger partial charge < -0.3 is 50.2 Å². The van der Waals surface area contributed by atoms with Crippen LogP contribution in [-0.4, -0.2) is 155 Å². The summed E-state index contributed by atoms with van der Waals surface area (Å²) < 4.78 is 0. The lowest BCUT2D eigenvalue weighted by molar-refractivity contribution is 0.279. The first-order valence-corrected chi connectivity index (χ1v) is 21.8. The second-order valence-corrected chi connectivity index (χ2v) is 15.5. The van der Waals surface area contributed by atoms with Gasteiger partial charge in [-0.15, -0.1) is 0 Å². The molecule has 58 heavy (non-hydrogen) atoms. The molecule has 0 amide bonds. The first kappa shape index (κ1) is 45.2. The zero-order valence-electron chi connectivity index (χ0n) is 34.9. The van der Waals surface area contributed by atoms with E-state index in [4.69, 9.17) is 31.5 Å². The maximum atomic E-state index is 9.64. The number of aromatic nitrogens is 5. The maximum Gasteiger partial charge on any atom is 0.228 e. The molecule has 3 aromatic heterocycles. The highest BCUT2D eigenvalue weighted by Gasteiger charge is 2.27. The smallest absolute Gasteiger partial charge is 0.228 e. The third-order valence-electron chi connectivity index (χ3n) is 11.0. The molecule has 16 heteroatoms. The molecule has 0 saturated carbocycles. The minimum Gasteiger partial charge on any atom is -0.395 e. The third-order valence-corrected chi connectivity index (χ3v) is 11.2. The Labute approximate surface area is 349 Å². The Morgan fingerprint density at radius 3 is 1.66 bits per heavy atom. The van der Waals surface area contributed by atoms with E-state index in [0.717, 1.165) is 105 Å². The highest BCUT2D eigenvalue weighted by Crippen LogP contribution is 2.35. The van der Waals surface area contributed by atoms with Crippen molar-refractivity contribution in [3.63, 3.8) is 0 Å². The molecule has 5 N–H and O–H groups in total. The lowest BCUT2D eigenvalue weighted by Crippen LogP contribution is -2.36. The van der Waals surface area contributed by atoms with Gasteiger partial charge in [0.1, 0.15) is 11.0 Å². The summed E-state index contributed by atoms with van der Waals surface area (Å²) in [6.45, 7) is 14.5. The molecule has 4 aromatic rings. The molecule has 6 rings (SSSR count). The van der Waals surface area contributed by atoms with Gasteiger partial charge in [0.25, 0.3) is 0 Å². The van der Waals surface area contributed by atoms with Crippen molar-refractivity contribution >= 4 is 62.8 Å². The summed E-state index contributed by atoms with van der Waals surface area (Å²) >= 11 is 6.04. The molecule has 2 aliphatic heterocycles. The van der Waals surface area contributed by atoms with Crippen molar-refractivity contribution in [1.82, 2.24) is 29.8 Å². The molecule has 0 radical (unpaired) electrons. The summed E-state index contributed by atoms with van der Waals surface area (Å²) in [6.07, 6.45) is 10.8. The molecule has 2 aliphatic rings. The number of nitrogens with one attached hydrogen (secondary N) is 1. The molecule has 0 aliphatic carbocycles. The van der Waals surface area contributed by atoms with Crippen LogP contribution in [0.2, 0.25) is 5.02 Å². The Bertz CT molecular complexity index is 1740. The van der Waals surface area contributed by atoms with Crippen molar-refractivity contribution in [2.24, 2.45) is 0 Å². The first-order chi connectivity index (χ1) is 28.3. The van der Waals surface area contributed by atoms with E-state index < -0.39 is 0 Å². The van der Waals surface area contributed by atoms with Gasteiger partial charge in [0.15, 0.2) is 11.6 Å². The van der Waals surface area contributed by atoms with Crippen molar-refractivity contribution < 1.29 is 20.4 Å². The van der Waals surface area contributed by atoms with Gasteiger partial charge >= 0.3 is 0 Å². The van der Waals surface area contributed by atoms with Crippen LogP contribution in [0.3, 0.4) is 0 Å². The van der Waals surface area contributed by atoms with Gasteiger partial charge in [-0.25, -0.2) is 9.97 Å². The standard InChI is InChI=1S/C24H40N8O4.C18H26ClN3/c33-15-11-31(12-16-34)23-26-20-19(21(27-23)29-7-3-1-4-8-29)25-24(32(13-17-35)14-18-36)28-22(20)30-9-5-2-6-10-30;1-4-22(5-2)12-6-7-14(3)21-17-10-11-20-18-13-15(19)8-9-16(17)18/h33-36H,1-18H2;8-11,13-14H,4-7,12H2,1-3H3,(H,20,21). The molecule has 1 aromatic carbocycles. The largest absolute Gasteiger partial charge is 0.395 e. The normalized spacial score (nSPS) is 15.1.